The average molecular weight is 319 g/mol. The van der Waals surface area contributed by atoms with E-state index in [0.29, 0.717) is 6.42 Å². The van der Waals surface area contributed by atoms with E-state index >= 15 is 0 Å². The summed E-state index contributed by atoms with van der Waals surface area (Å²) >= 11 is 0. The Bertz CT molecular complexity index is 673. The normalized spacial score (nSPS) is 11.8. The molecule has 0 spiro atoms. The van der Waals surface area contributed by atoms with Gasteiger partial charge in [0.05, 0.1) is 5.56 Å². The van der Waals surface area contributed by atoms with Crippen LogP contribution in [-0.4, -0.2) is 34.5 Å². The number of carbonyl (C=O) groups is 2. The molecule has 1 heterocycles. The van der Waals surface area contributed by atoms with E-state index in [1.165, 1.54) is 35.4 Å². The van der Waals surface area contributed by atoms with Crippen LogP contribution >= 0.6 is 0 Å². The monoisotopic (exact) mass is 319 g/mol. The molecule has 0 saturated carbocycles. The van der Waals surface area contributed by atoms with Crippen LogP contribution in [0.15, 0.2) is 41.1 Å². The van der Waals surface area contributed by atoms with Crippen molar-refractivity contribution < 1.29 is 18.5 Å². The highest BCUT2D eigenvalue weighted by Crippen LogP contribution is 2.14. The zero-order valence-corrected chi connectivity index (χ0v) is 13.0. The van der Waals surface area contributed by atoms with Crippen molar-refractivity contribution >= 4 is 17.6 Å². The summed E-state index contributed by atoms with van der Waals surface area (Å²) in [6.07, 6.45) is 1.96. The molecule has 1 unspecified atom stereocenters. The molecular weight excluding hydrogens is 301 g/mol. The molecule has 0 aliphatic heterocycles. The van der Waals surface area contributed by atoms with E-state index in [9.17, 15) is 14.0 Å². The van der Waals surface area contributed by atoms with Crippen molar-refractivity contribution in [2.24, 2.45) is 0 Å². The second-order valence-corrected chi connectivity index (χ2v) is 5.10. The number of hydrogen-bond donors (Lipinski definition) is 1. The summed E-state index contributed by atoms with van der Waals surface area (Å²) in [6.45, 7) is 3.50. The van der Waals surface area contributed by atoms with Gasteiger partial charge in [-0.25, -0.2) is 4.39 Å². The van der Waals surface area contributed by atoms with Gasteiger partial charge >= 0.3 is 0 Å². The maximum Gasteiger partial charge on any atom is 0.257 e. The Hall–Kier alpha value is -2.70. The van der Waals surface area contributed by atoms with E-state index in [4.69, 9.17) is 0 Å². The summed E-state index contributed by atoms with van der Waals surface area (Å²) in [5, 5.41) is 6.10. The highest BCUT2D eigenvalue weighted by molar-refractivity contribution is 5.99. The Morgan fingerprint density at radius 1 is 1.35 bits per heavy atom. The van der Waals surface area contributed by atoms with Crippen LogP contribution in [0, 0.1) is 5.82 Å². The van der Waals surface area contributed by atoms with Crippen LogP contribution in [0.4, 0.5) is 10.2 Å². The van der Waals surface area contributed by atoms with Crippen LogP contribution in [0.25, 0.3) is 0 Å². The van der Waals surface area contributed by atoms with E-state index in [2.05, 4.69) is 15.0 Å². The molecule has 6 nitrogen and oxygen atoms in total. The maximum atomic E-state index is 13.8. The molecule has 2 aromatic rings. The van der Waals surface area contributed by atoms with Gasteiger partial charge in [0.15, 0.2) is 5.82 Å². The number of nitrogens with zero attached hydrogens (tertiary/aromatic N) is 2. The summed E-state index contributed by atoms with van der Waals surface area (Å²) in [5.74, 6) is -1.29. The molecule has 1 atom stereocenters. The van der Waals surface area contributed by atoms with E-state index < -0.39 is 17.6 Å². The molecule has 23 heavy (non-hydrogen) atoms. The first-order chi connectivity index (χ1) is 11.0. The van der Waals surface area contributed by atoms with Gasteiger partial charge in [-0.3, -0.25) is 9.59 Å². The predicted molar refractivity (Wildman–Crippen MR) is 82.3 cm³/mol. The lowest BCUT2D eigenvalue weighted by Crippen LogP contribution is -2.43. The van der Waals surface area contributed by atoms with Crippen LogP contribution in [0.1, 0.15) is 30.6 Å². The van der Waals surface area contributed by atoms with Crippen LogP contribution in [0.2, 0.25) is 0 Å². The standard InChI is InChI=1S/C16H18FN3O3/c1-3-11(2)20(10-15(21)18-14-8-9-23-19-14)16(22)12-6-4-5-7-13(12)17/h4-9,11H,3,10H2,1-2H3,(H,18,19,21). The molecule has 1 N–H and O–H groups in total. The molecule has 1 aromatic heterocycles. The number of halogens is 1. The van der Waals surface area contributed by atoms with E-state index in [1.54, 1.807) is 6.07 Å². The number of rotatable bonds is 6. The Kier molecular flexibility index (Phi) is 5.46. The first-order valence-corrected chi connectivity index (χ1v) is 7.28. The Morgan fingerprint density at radius 3 is 2.70 bits per heavy atom. The summed E-state index contributed by atoms with van der Waals surface area (Å²) in [6, 6.07) is 6.99. The molecule has 2 amide bonds. The zero-order valence-electron chi connectivity index (χ0n) is 13.0. The lowest BCUT2D eigenvalue weighted by molar-refractivity contribution is -0.117. The smallest absolute Gasteiger partial charge is 0.257 e. The fourth-order valence-corrected chi connectivity index (χ4v) is 2.05. The molecule has 7 heteroatoms. The minimum Gasteiger partial charge on any atom is -0.363 e. The quantitative estimate of drug-likeness (QED) is 0.888. The lowest BCUT2D eigenvalue weighted by atomic mass is 10.1. The summed E-state index contributed by atoms with van der Waals surface area (Å²) in [7, 11) is 0. The zero-order chi connectivity index (χ0) is 16.8. The van der Waals surface area contributed by atoms with Gasteiger partial charge in [0.25, 0.3) is 5.91 Å². The van der Waals surface area contributed by atoms with E-state index in [0.717, 1.165) is 0 Å². The van der Waals surface area contributed by atoms with Crippen molar-refractivity contribution in [3.8, 4) is 0 Å². The molecular formula is C16H18FN3O3. The molecule has 0 aliphatic rings. The second kappa shape index (κ2) is 7.53. The fraction of sp³-hybridized carbons (Fsp3) is 0.312. The van der Waals surface area contributed by atoms with Gasteiger partial charge in [0, 0.05) is 12.1 Å². The second-order valence-electron chi connectivity index (χ2n) is 5.10. The minimum absolute atomic E-state index is 0.0537. The number of nitrogens with one attached hydrogen (secondary N) is 1. The van der Waals surface area contributed by atoms with E-state index in [-0.39, 0.29) is 24.0 Å². The van der Waals surface area contributed by atoms with E-state index in [1.807, 2.05) is 13.8 Å². The third kappa shape index (κ3) is 4.15. The number of anilines is 1. The number of benzene rings is 1. The van der Waals surface area contributed by atoms with Crippen molar-refractivity contribution in [1.29, 1.82) is 0 Å². The Balaban J connectivity index is 2.15. The van der Waals surface area contributed by atoms with Crippen molar-refractivity contribution in [2.75, 3.05) is 11.9 Å². The molecule has 0 saturated heterocycles. The van der Waals surface area contributed by atoms with Gasteiger partial charge in [-0.1, -0.05) is 24.2 Å². The van der Waals surface area contributed by atoms with Crippen molar-refractivity contribution in [3.63, 3.8) is 0 Å². The van der Waals surface area contributed by atoms with Gasteiger partial charge in [-0.15, -0.1) is 0 Å². The van der Waals surface area contributed by atoms with Crippen LogP contribution in [0.5, 0.6) is 0 Å². The minimum atomic E-state index is -0.609. The fourth-order valence-electron chi connectivity index (χ4n) is 2.05. The van der Waals surface area contributed by atoms with Gasteiger partial charge in [-0.2, -0.15) is 0 Å². The number of aromatic nitrogens is 1. The topological polar surface area (TPSA) is 75.4 Å². The largest absolute Gasteiger partial charge is 0.363 e. The van der Waals surface area contributed by atoms with Crippen molar-refractivity contribution in [2.45, 2.75) is 26.3 Å². The van der Waals surface area contributed by atoms with Crippen molar-refractivity contribution in [3.05, 3.63) is 48.0 Å². The molecule has 2 rings (SSSR count). The Morgan fingerprint density at radius 2 is 2.09 bits per heavy atom. The van der Waals surface area contributed by atoms with Gasteiger partial charge in [0.2, 0.25) is 5.91 Å². The SMILES string of the molecule is CCC(C)N(CC(=O)Nc1ccon1)C(=O)c1ccccc1F. The van der Waals surface area contributed by atoms with Gasteiger partial charge < -0.3 is 14.7 Å². The average Bonchev–Trinajstić information content (AvgIpc) is 3.04. The molecule has 0 radical (unpaired) electrons. The molecule has 122 valence electrons. The van der Waals surface area contributed by atoms with Gasteiger partial charge in [0.1, 0.15) is 18.6 Å². The van der Waals surface area contributed by atoms with Gasteiger partial charge in [-0.05, 0) is 25.5 Å². The number of carbonyl (C=O) groups excluding carboxylic acids is 2. The molecule has 0 bridgehead atoms. The highest BCUT2D eigenvalue weighted by Gasteiger charge is 2.25. The maximum absolute atomic E-state index is 13.8. The predicted octanol–water partition coefficient (Wildman–Crippen LogP) is 2.69. The highest BCUT2D eigenvalue weighted by atomic mass is 19.1. The number of hydrogen-bond acceptors (Lipinski definition) is 4. The molecule has 0 aliphatic carbocycles. The third-order valence-corrected chi connectivity index (χ3v) is 3.51. The molecule has 0 fully saturated rings. The Labute approximate surface area is 133 Å². The summed E-state index contributed by atoms with van der Waals surface area (Å²) in [5.41, 5.74) is -0.0537. The summed E-state index contributed by atoms with van der Waals surface area (Å²) < 4.78 is 18.5. The summed E-state index contributed by atoms with van der Waals surface area (Å²) in [4.78, 5) is 26.0. The lowest BCUT2D eigenvalue weighted by Gasteiger charge is -2.28. The first-order valence-electron chi connectivity index (χ1n) is 7.28. The first kappa shape index (κ1) is 16.7. The van der Waals surface area contributed by atoms with Crippen LogP contribution in [0.3, 0.4) is 0 Å². The number of amides is 2. The van der Waals surface area contributed by atoms with Crippen LogP contribution < -0.4 is 5.32 Å². The molecule has 1 aromatic carbocycles. The third-order valence-electron chi connectivity index (χ3n) is 3.51. The van der Waals surface area contributed by atoms with Crippen LogP contribution in [-0.2, 0) is 4.79 Å². The van der Waals surface area contributed by atoms with Crippen molar-refractivity contribution in [1.82, 2.24) is 10.1 Å².